The number of esters is 1. The fourth-order valence-corrected chi connectivity index (χ4v) is 2.63. The van der Waals surface area contributed by atoms with E-state index >= 15 is 0 Å². The average molecular weight is 406 g/mol. The minimum Gasteiger partial charge on any atom is -0.497 e. The summed E-state index contributed by atoms with van der Waals surface area (Å²) < 4.78 is 16.7. The summed E-state index contributed by atoms with van der Waals surface area (Å²) in [7, 11) is 3.04. The summed E-state index contributed by atoms with van der Waals surface area (Å²) in [6.07, 6.45) is 1.09. The molecular weight excluding hydrogens is 390 g/mol. The number of ether oxygens (including phenoxy) is 3. The number of aromatic nitrogens is 3. The molecule has 25 heavy (non-hydrogen) atoms. The van der Waals surface area contributed by atoms with Crippen LogP contribution in [0.15, 0.2) is 34.9 Å². The van der Waals surface area contributed by atoms with E-state index in [1.807, 2.05) is 6.07 Å². The van der Waals surface area contributed by atoms with Crippen LogP contribution in [0.4, 0.5) is 0 Å². The van der Waals surface area contributed by atoms with Crippen molar-refractivity contribution < 1.29 is 19.0 Å². The molecule has 0 aliphatic carbocycles. The van der Waals surface area contributed by atoms with Crippen LogP contribution in [0.5, 0.6) is 11.5 Å². The van der Waals surface area contributed by atoms with Crippen LogP contribution in [0, 0.1) is 0 Å². The number of H-pyrrole nitrogens is 1. The molecule has 0 fully saturated rings. The fourth-order valence-electron chi connectivity index (χ4n) is 2.30. The van der Waals surface area contributed by atoms with E-state index in [2.05, 4.69) is 30.9 Å². The molecule has 0 bridgehead atoms. The zero-order valence-corrected chi connectivity index (χ0v) is 15.5. The monoisotopic (exact) mass is 405 g/mol. The first-order valence-corrected chi connectivity index (χ1v) is 8.24. The first-order chi connectivity index (χ1) is 12.0. The molecule has 3 aromatic rings. The highest BCUT2D eigenvalue weighted by atomic mass is 79.9. The third-order valence-corrected chi connectivity index (χ3v) is 4.01. The lowest BCUT2D eigenvalue weighted by atomic mass is 10.2. The molecule has 0 spiro atoms. The molecule has 0 amide bonds. The number of halogens is 1. The number of nitrogens with zero attached hydrogens (tertiary/aromatic N) is 2. The molecule has 1 unspecified atom stereocenters. The summed E-state index contributed by atoms with van der Waals surface area (Å²) in [4.78, 5) is 24.1. The second-order valence-corrected chi connectivity index (χ2v) is 6.21. The number of pyridine rings is 1. The molecule has 0 aliphatic heterocycles. The number of rotatable bonds is 5. The van der Waals surface area contributed by atoms with Gasteiger partial charge in [-0.15, -0.1) is 0 Å². The largest absolute Gasteiger partial charge is 0.497 e. The third kappa shape index (κ3) is 3.74. The van der Waals surface area contributed by atoms with Crippen LogP contribution in [-0.4, -0.2) is 35.1 Å². The van der Waals surface area contributed by atoms with E-state index in [4.69, 9.17) is 14.2 Å². The van der Waals surface area contributed by atoms with Crippen LogP contribution in [0.2, 0.25) is 0 Å². The molecule has 8 heteroatoms. The molecule has 1 N–H and O–H groups in total. The highest BCUT2D eigenvalue weighted by Crippen LogP contribution is 2.25. The van der Waals surface area contributed by atoms with E-state index in [0.29, 0.717) is 28.5 Å². The van der Waals surface area contributed by atoms with E-state index in [-0.39, 0.29) is 0 Å². The van der Waals surface area contributed by atoms with Gasteiger partial charge < -0.3 is 19.2 Å². The van der Waals surface area contributed by atoms with Gasteiger partial charge in [-0.3, -0.25) is 0 Å². The summed E-state index contributed by atoms with van der Waals surface area (Å²) in [5, 5.41) is 0. The molecule has 3 rings (SSSR count). The lowest BCUT2D eigenvalue weighted by Crippen LogP contribution is -2.10. The van der Waals surface area contributed by atoms with Gasteiger partial charge in [-0.05, 0) is 41.1 Å². The van der Waals surface area contributed by atoms with Crippen molar-refractivity contribution in [1.29, 1.82) is 0 Å². The van der Waals surface area contributed by atoms with Gasteiger partial charge in [-0.25, -0.2) is 14.8 Å². The van der Waals surface area contributed by atoms with Crippen LogP contribution in [0.3, 0.4) is 0 Å². The highest BCUT2D eigenvalue weighted by Gasteiger charge is 2.19. The maximum absolute atomic E-state index is 12.4. The topological polar surface area (TPSA) is 86.3 Å². The molecule has 0 aliphatic rings. The Kier molecular flexibility index (Phi) is 4.89. The lowest BCUT2D eigenvalue weighted by molar-refractivity contribution is 0.0321. The van der Waals surface area contributed by atoms with Crippen molar-refractivity contribution in [2.24, 2.45) is 0 Å². The summed E-state index contributed by atoms with van der Waals surface area (Å²) in [6.45, 7) is 1.74. The number of aromatic amines is 1. The number of methoxy groups -OCH3 is 2. The van der Waals surface area contributed by atoms with Crippen molar-refractivity contribution in [3.8, 4) is 11.5 Å². The number of benzene rings is 1. The average Bonchev–Trinajstić information content (AvgIpc) is 3.04. The molecule has 2 aromatic heterocycles. The van der Waals surface area contributed by atoms with Crippen molar-refractivity contribution in [2.75, 3.05) is 14.2 Å². The Bertz CT molecular complexity index is 903. The molecular formula is C17H16BrN3O4. The number of imidazole rings is 1. The number of carbonyl (C=O) groups is 1. The van der Waals surface area contributed by atoms with Gasteiger partial charge >= 0.3 is 5.97 Å². The Hall–Kier alpha value is -2.61. The first kappa shape index (κ1) is 17.2. The molecule has 7 nitrogen and oxygen atoms in total. The standard InChI is InChI=1S/C17H16BrN3O4/c1-9(15-20-14-6-11(18)8-19-16(14)21-15)25-17(22)10-4-12(23-2)7-13(5-10)24-3/h4-9H,1-3H3,(H,19,20,21). The number of carbonyl (C=O) groups excluding carboxylic acids is 1. The van der Waals surface area contributed by atoms with Gasteiger partial charge in [0.05, 0.1) is 25.3 Å². The van der Waals surface area contributed by atoms with E-state index in [1.165, 1.54) is 14.2 Å². The van der Waals surface area contributed by atoms with Crippen LogP contribution < -0.4 is 9.47 Å². The van der Waals surface area contributed by atoms with Gasteiger partial charge in [0.15, 0.2) is 11.8 Å². The van der Waals surface area contributed by atoms with Gasteiger partial charge in [0.25, 0.3) is 0 Å². The van der Waals surface area contributed by atoms with Gasteiger partial charge in [0.2, 0.25) is 0 Å². The molecule has 1 aromatic carbocycles. The van der Waals surface area contributed by atoms with Crippen LogP contribution in [-0.2, 0) is 4.74 Å². The molecule has 0 saturated carbocycles. The number of fused-ring (bicyclic) bond motifs is 1. The Balaban J connectivity index is 1.81. The van der Waals surface area contributed by atoms with Gasteiger partial charge in [-0.1, -0.05) is 0 Å². The molecule has 0 saturated heterocycles. The normalized spacial score (nSPS) is 12.0. The van der Waals surface area contributed by atoms with Crippen LogP contribution >= 0.6 is 15.9 Å². The summed E-state index contributed by atoms with van der Waals surface area (Å²) in [6, 6.07) is 6.73. The van der Waals surface area contributed by atoms with Crippen molar-refractivity contribution in [3.63, 3.8) is 0 Å². The quantitative estimate of drug-likeness (QED) is 0.651. The summed E-state index contributed by atoms with van der Waals surface area (Å²) >= 11 is 3.36. The predicted octanol–water partition coefficient (Wildman–Crippen LogP) is 3.66. The Labute approximate surface area is 152 Å². The third-order valence-electron chi connectivity index (χ3n) is 3.58. The second kappa shape index (κ2) is 7.10. The zero-order chi connectivity index (χ0) is 18.0. The Morgan fingerprint density at radius 1 is 1.16 bits per heavy atom. The van der Waals surface area contributed by atoms with Crippen molar-refractivity contribution in [1.82, 2.24) is 15.0 Å². The second-order valence-electron chi connectivity index (χ2n) is 5.30. The number of hydrogen-bond acceptors (Lipinski definition) is 6. The fraction of sp³-hybridized carbons (Fsp3) is 0.235. The summed E-state index contributed by atoms with van der Waals surface area (Å²) in [5.74, 6) is 1.04. The SMILES string of the molecule is COc1cc(OC)cc(C(=O)OC(C)c2nc3ncc(Br)cc3[nH]2)c1. The smallest absolute Gasteiger partial charge is 0.339 e. The predicted molar refractivity (Wildman–Crippen MR) is 95.0 cm³/mol. The van der Waals surface area contributed by atoms with Crippen molar-refractivity contribution >= 4 is 33.1 Å². The maximum atomic E-state index is 12.4. The van der Waals surface area contributed by atoms with E-state index in [1.54, 1.807) is 31.3 Å². The van der Waals surface area contributed by atoms with Gasteiger partial charge in [0, 0.05) is 16.7 Å². The molecule has 0 radical (unpaired) electrons. The summed E-state index contributed by atoms with van der Waals surface area (Å²) in [5.41, 5.74) is 1.65. The molecule has 1 atom stereocenters. The molecule has 130 valence electrons. The Morgan fingerprint density at radius 2 is 1.84 bits per heavy atom. The van der Waals surface area contributed by atoms with E-state index < -0.39 is 12.1 Å². The van der Waals surface area contributed by atoms with Crippen molar-refractivity contribution in [3.05, 3.63) is 46.3 Å². The van der Waals surface area contributed by atoms with Crippen LogP contribution in [0.25, 0.3) is 11.2 Å². The molecule has 2 heterocycles. The van der Waals surface area contributed by atoms with Crippen molar-refractivity contribution in [2.45, 2.75) is 13.0 Å². The minimum absolute atomic E-state index is 0.333. The number of nitrogens with one attached hydrogen (secondary N) is 1. The number of hydrogen-bond donors (Lipinski definition) is 1. The Morgan fingerprint density at radius 3 is 2.48 bits per heavy atom. The maximum Gasteiger partial charge on any atom is 0.339 e. The van der Waals surface area contributed by atoms with E-state index in [9.17, 15) is 4.79 Å². The van der Waals surface area contributed by atoms with Crippen LogP contribution in [0.1, 0.15) is 29.2 Å². The highest BCUT2D eigenvalue weighted by molar-refractivity contribution is 9.10. The van der Waals surface area contributed by atoms with E-state index in [0.717, 1.165) is 9.99 Å². The van der Waals surface area contributed by atoms with Gasteiger partial charge in [-0.2, -0.15) is 0 Å². The van der Waals surface area contributed by atoms with Gasteiger partial charge in [0.1, 0.15) is 17.3 Å². The zero-order valence-electron chi connectivity index (χ0n) is 13.9. The lowest BCUT2D eigenvalue weighted by Gasteiger charge is -2.12. The first-order valence-electron chi connectivity index (χ1n) is 7.45. The minimum atomic E-state index is -0.572.